The molecule has 1 aliphatic heterocycles. The van der Waals surface area contributed by atoms with Gasteiger partial charge in [-0.25, -0.2) is 9.59 Å². The van der Waals surface area contributed by atoms with Crippen molar-refractivity contribution in [3.05, 3.63) is 71.3 Å². The number of nitrogens with zero attached hydrogens (tertiary/aromatic N) is 2. The van der Waals surface area contributed by atoms with Crippen LogP contribution < -0.4 is 5.32 Å². The zero-order valence-corrected chi connectivity index (χ0v) is 16.2. The predicted molar refractivity (Wildman–Crippen MR) is 108 cm³/mol. The van der Waals surface area contributed by atoms with Crippen LogP contribution in [0.15, 0.2) is 54.6 Å². The standard InChI is InChI=1S/C22H27N3O3/c1-17-14-24(16-19-5-3-2-4-6-19)11-12-25(15-17)22(28)23-13-18-7-9-20(10-8-18)21(26)27/h2-10,17H,11-16H2,1H3,(H,23,28)(H,26,27). The van der Waals surface area contributed by atoms with Gasteiger partial charge in [-0.2, -0.15) is 0 Å². The van der Waals surface area contributed by atoms with E-state index < -0.39 is 5.97 Å². The van der Waals surface area contributed by atoms with Gasteiger partial charge in [0, 0.05) is 39.3 Å². The maximum absolute atomic E-state index is 12.6. The van der Waals surface area contributed by atoms with Gasteiger partial charge in [-0.1, -0.05) is 49.4 Å². The van der Waals surface area contributed by atoms with E-state index in [-0.39, 0.29) is 11.6 Å². The van der Waals surface area contributed by atoms with Gasteiger partial charge in [-0.05, 0) is 29.2 Å². The molecular weight excluding hydrogens is 354 g/mol. The maximum atomic E-state index is 12.6. The van der Waals surface area contributed by atoms with Crippen LogP contribution in [0.2, 0.25) is 0 Å². The number of hydrogen-bond donors (Lipinski definition) is 2. The lowest BCUT2D eigenvalue weighted by Gasteiger charge is -2.22. The SMILES string of the molecule is CC1CN(Cc2ccccc2)CCN(C(=O)NCc2ccc(C(=O)O)cc2)C1. The summed E-state index contributed by atoms with van der Waals surface area (Å²) in [6, 6.07) is 16.9. The fourth-order valence-corrected chi connectivity index (χ4v) is 3.54. The molecule has 148 valence electrons. The number of urea groups is 1. The molecule has 1 saturated heterocycles. The summed E-state index contributed by atoms with van der Waals surface area (Å²) >= 11 is 0. The van der Waals surface area contributed by atoms with Crippen LogP contribution in [0.5, 0.6) is 0 Å². The molecule has 2 amide bonds. The Bertz CT molecular complexity index is 792. The van der Waals surface area contributed by atoms with Crippen LogP contribution in [-0.2, 0) is 13.1 Å². The minimum absolute atomic E-state index is 0.0734. The molecule has 0 bridgehead atoms. The van der Waals surface area contributed by atoms with E-state index in [9.17, 15) is 9.59 Å². The first-order chi connectivity index (χ1) is 13.5. The van der Waals surface area contributed by atoms with Crippen molar-refractivity contribution >= 4 is 12.0 Å². The second-order valence-electron chi connectivity index (χ2n) is 7.43. The van der Waals surface area contributed by atoms with Crippen molar-refractivity contribution in [2.45, 2.75) is 20.0 Å². The zero-order chi connectivity index (χ0) is 19.9. The zero-order valence-electron chi connectivity index (χ0n) is 16.2. The molecule has 0 radical (unpaired) electrons. The molecule has 1 heterocycles. The molecule has 0 aliphatic carbocycles. The number of carbonyl (C=O) groups is 2. The first kappa shape index (κ1) is 19.9. The smallest absolute Gasteiger partial charge is 0.335 e. The van der Waals surface area contributed by atoms with Gasteiger partial charge in [0.1, 0.15) is 0 Å². The highest BCUT2D eigenvalue weighted by Gasteiger charge is 2.23. The third-order valence-corrected chi connectivity index (χ3v) is 4.97. The number of amides is 2. The monoisotopic (exact) mass is 381 g/mol. The maximum Gasteiger partial charge on any atom is 0.335 e. The molecule has 6 heteroatoms. The van der Waals surface area contributed by atoms with Crippen LogP contribution in [0.4, 0.5) is 4.79 Å². The quantitative estimate of drug-likeness (QED) is 0.835. The Kier molecular flexibility index (Phi) is 6.66. The van der Waals surface area contributed by atoms with Crippen LogP contribution >= 0.6 is 0 Å². The third-order valence-electron chi connectivity index (χ3n) is 4.97. The van der Waals surface area contributed by atoms with Crippen molar-refractivity contribution in [2.24, 2.45) is 5.92 Å². The molecular formula is C22H27N3O3. The van der Waals surface area contributed by atoms with Crippen LogP contribution in [0.3, 0.4) is 0 Å². The average molecular weight is 381 g/mol. The van der Waals surface area contributed by atoms with Crippen molar-refractivity contribution in [2.75, 3.05) is 26.2 Å². The fraction of sp³-hybridized carbons (Fsp3) is 0.364. The average Bonchev–Trinajstić information content (AvgIpc) is 2.88. The molecule has 0 aromatic heterocycles. The molecule has 1 aliphatic rings. The highest BCUT2D eigenvalue weighted by atomic mass is 16.4. The molecule has 3 rings (SSSR count). The summed E-state index contributed by atoms with van der Waals surface area (Å²) in [5.41, 5.74) is 2.42. The van der Waals surface area contributed by atoms with Gasteiger partial charge in [-0.15, -0.1) is 0 Å². The number of rotatable bonds is 5. The van der Waals surface area contributed by atoms with Gasteiger partial charge in [0.15, 0.2) is 0 Å². The van der Waals surface area contributed by atoms with E-state index in [0.717, 1.165) is 31.7 Å². The summed E-state index contributed by atoms with van der Waals surface area (Å²) in [6.07, 6.45) is 0. The van der Waals surface area contributed by atoms with E-state index in [1.165, 1.54) is 5.56 Å². The van der Waals surface area contributed by atoms with Crippen LogP contribution in [0.25, 0.3) is 0 Å². The fourth-order valence-electron chi connectivity index (χ4n) is 3.54. The first-order valence-electron chi connectivity index (χ1n) is 9.62. The van der Waals surface area contributed by atoms with Crippen molar-refractivity contribution < 1.29 is 14.7 Å². The Morgan fingerprint density at radius 3 is 2.39 bits per heavy atom. The summed E-state index contributed by atoms with van der Waals surface area (Å²) in [4.78, 5) is 27.8. The molecule has 1 fully saturated rings. The lowest BCUT2D eigenvalue weighted by atomic mass is 10.1. The molecule has 0 spiro atoms. The molecule has 2 N–H and O–H groups in total. The Morgan fingerprint density at radius 1 is 1.00 bits per heavy atom. The number of aromatic carboxylic acids is 1. The Balaban J connectivity index is 1.51. The number of carbonyl (C=O) groups excluding carboxylic acids is 1. The number of carboxylic acids is 1. The van der Waals surface area contributed by atoms with Gasteiger partial charge in [0.25, 0.3) is 0 Å². The summed E-state index contributed by atoms with van der Waals surface area (Å²) in [6.45, 7) is 6.70. The minimum Gasteiger partial charge on any atom is -0.478 e. The molecule has 1 atom stereocenters. The van der Waals surface area contributed by atoms with Crippen molar-refractivity contribution in [1.29, 1.82) is 0 Å². The van der Waals surface area contributed by atoms with E-state index in [0.29, 0.717) is 19.0 Å². The number of hydrogen-bond acceptors (Lipinski definition) is 3. The Morgan fingerprint density at radius 2 is 1.71 bits per heavy atom. The second kappa shape index (κ2) is 9.37. The molecule has 6 nitrogen and oxygen atoms in total. The number of carboxylic acid groups (broad SMARTS) is 1. The van der Waals surface area contributed by atoms with Crippen LogP contribution in [0.1, 0.15) is 28.4 Å². The molecule has 2 aromatic carbocycles. The highest BCUT2D eigenvalue weighted by molar-refractivity contribution is 5.87. The van der Waals surface area contributed by atoms with Gasteiger partial charge in [0.05, 0.1) is 5.56 Å². The van der Waals surface area contributed by atoms with E-state index in [2.05, 4.69) is 41.4 Å². The van der Waals surface area contributed by atoms with Crippen molar-refractivity contribution in [1.82, 2.24) is 15.1 Å². The van der Waals surface area contributed by atoms with Crippen LogP contribution in [0, 0.1) is 5.92 Å². The third kappa shape index (κ3) is 5.57. The van der Waals surface area contributed by atoms with Gasteiger partial charge in [0.2, 0.25) is 0 Å². The second-order valence-corrected chi connectivity index (χ2v) is 7.43. The Hall–Kier alpha value is -2.86. The lowest BCUT2D eigenvalue weighted by Crippen LogP contribution is -2.42. The molecule has 1 unspecified atom stereocenters. The summed E-state index contributed by atoms with van der Waals surface area (Å²) in [5, 5.41) is 11.9. The topological polar surface area (TPSA) is 72.9 Å². The van der Waals surface area contributed by atoms with E-state index in [4.69, 9.17) is 5.11 Å². The van der Waals surface area contributed by atoms with Gasteiger partial charge in [-0.3, -0.25) is 4.90 Å². The molecule has 2 aromatic rings. The van der Waals surface area contributed by atoms with E-state index in [1.54, 1.807) is 24.3 Å². The molecule has 28 heavy (non-hydrogen) atoms. The molecule has 0 saturated carbocycles. The first-order valence-corrected chi connectivity index (χ1v) is 9.62. The van der Waals surface area contributed by atoms with E-state index >= 15 is 0 Å². The summed E-state index contributed by atoms with van der Waals surface area (Å²) < 4.78 is 0. The van der Waals surface area contributed by atoms with Crippen molar-refractivity contribution in [3.63, 3.8) is 0 Å². The van der Waals surface area contributed by atoms with Gasteiger partial charge >= 0.3 is 12.0 Å². The van der Waals surface area contributed by atoms with Gasteiger partial charge < -0.3 is 15.3 Å². The number of benzene rings is 2. The lowest BCUT2D eigenvalue weighted by molar-refractivity contribution is 0.0697. The van der Waals surface area contributed by atoms with Crippen LogP contribution in [-0.4, -0.2) is 53.1 Å². The summed E-state index contributed by atoms with van der Waals surface area (Å²) in [7, 11) is 0. The predicted octanol–water partition coefficient (Wildman–Crippen LogP) is 3.05. The van der Waals surface area contributed by atoms with E-state index in [1.807, 2.05) is 11.0 Å². The Labute approximate surface area is 165 Å². The summed E-state index contributed by atoms with van der Waals surface area (Å²) in [5.74, 6) is -0.555. The minimum atomic E-state index is -0.950. The number of nitrogens with one attached hydrogen (secondary N) is 1. The largest absolute Gasteiger partial charge is 0.478 e. The normalized spacial score (nSPS) is 17.8. The highest BCUT2D eigenvalue weighted by Crippen LogP contribution is 2.13. The van der Waals surface area contributed by atoms with Crippen molar-refractivity contribution in [3.8, 4) is 0 Å².